The minimum absolute atomic E-state index is 0.00661. The van der Waals surface area contributed by atoms with E-state index in [0.717, 1.165) is 10.5 Å². The van der Waals surface area contributed by atoms with Crippen molar-refractivity contribution in [1.82, 2.24) is 15.1 Å². The number of nitro benzene ring substituents is 1. The Balaban J connectivity index is 1.19. The van der Waals surface area contributed by atoms with Crippen LogP contribution in [-0.2, 0) is 42.4 Å². The summed E-state index contributed by atoms with van der Waals surface area (Å²) in [7, 11) is 1.94. The molecule has 10 rings (SSSR count). The van der Waals surface area contributed by atoms with Crippen molar-refractivity contribution in [1.29, 1.82) is 0 Å². The van der Waals surface area contributed by atoms with E-state index in [4.69, 9.17) is 14.2 Å². The van der Waals surface area contributed by atoms with E-state index in [0.29, 0.717) is 52.2 Å². The third kappa shape index (κ3) is 10.3. The number of imide groups is 1. The number of nitrogens with one attached hydrogen (secondary N) is 1. The van der Waals surface area contributed by atoms with E-state index in [-0.39, 0.29) is 43.3 Å². The van der Waals surface area contributed by atoms with Crippen LogP contribution in [0.1, 0.15) is 68.8 Å². The minimum Gasteiger partial charge on any atom is -0.491 e. The molecule has 0 aromatic heterocycles. The van der Waals surface area contributed by atoms with Crippen molar-refractivity contribution in [3.05, 3.63) is 243 Å². The second-order valence-electron chi connectivity index (χ2n) is 19.4. The van der Waals surface area contributed by atoms with Gasteiger partial charge in [-0.15, -0.1) is 0 Å². The van der Waals surface area contributed by atoms with Gasteiger partial charge in [0.25, 0.3) is 5.69 Å². The molecule has 2 fully saturated rings. The van der Waals surface area contributed by atoms with Crippen molar-refractivity contribution < 1.29 is 48.5 Å². The van der Waals surface area contributed by atoms with Gasteiger partial charge in [0.2, 0.25) is 11.8 Å². The summed E-state index contributed by atoms with van der Waals surface area (Å²) in [5.41, 5.74) is 2.15. The van der Waals surface area contributed by atoms with Gasteiger partial charge >= 0.3 is 12.1 Å². The quantitative estimate of drug-likeness (QED) is 0.0362. The number of hydrogen-bond acceptors (Lipinski definition) is 13. The Morgan fingerprint density at radius 3 is 2.09 bits per heavy atom. The number of aliphatic hydroxyl groups is 2. The van der Waals surface area contributed by atoms with Gasteiger partial charge in [-0.05, 0) is 88.5 Å². The van der Waals surface area contributed by atoms with Crippen LogP contribution in [0.2, 0.25) is 0 Å². The molecule has 3 amide bonds. The molecule has 0 aliphatic carbocycles. The topological polar surface area (TPSA) is 201 Å². The van der Waals surface area contributed by atoms with E-state index in [1.54, 1.807) is 72.8 Å². The van der Waals surface area contributed by atoms with Crippen LogP contribution in [0.15, 0.2) is 188 Å². The number of carbonyl (C=O) groups excluding carboxylic acids is 4. The predicted octanol–water partition coefficient (Wildman–Crippen LogP) is 8.30. The van der Waals surface area contributed by atoms with Crippen LogP contribution in [0.25, 0.3) is 0 Å². The van der Waals surface area contributed by atoms with E-state index >= 15 is 14.4 Å². The number of fused-ring (bicyclic) bond motifs is 3. The maximum absolute atomic E-state index is 16.7. The molecule has 3 heterocycles. The van der Waals surface area contributed by atoms with Crippen molar-refractivity contribution in [3.63, 3.8) is 0 Å². The molecular weight excluding hydrogens is 991 g/mol. The zero-order valence-corrected chi connectivity index (χ0v) is 42.5. The van der Waals surface area contributed by atoms with Crippen molar-refractivity contribution in [2.24, 2.45) is 5.92 Å². The molecule has 16 heteroatoms. The molecule has 0 saturated carbocycles. The van der Waals surface area contributed by atoms with Gasteiger partial charge in [0, 0.05) is 30.8 Å². The van der Waals surface area contributed by atoms with Crippen LogP contribution in [0.3, 0.4) is 0 Å². The van der Waals surface area contributed by atoms with E-state index < -0.39 is 70.5 Å². The monoisotopic (exact) mass is 1050 g/mol. The number of anilines is 1. The highest BCUT2D eigenvalue weighted by molar-refractivity contribution is 6.23. The number of esters is 1. The minimum atomic E-state index is -2.18. The molecule has 78 heavy (non-hydrogen) atoms. The summed E-state index contributed by atoms with van der Waals surface area (Å²) in [6.07, 6.45) is -3.31. The van der Waals surface area contributed by atoms with Crippen LogP contribution in [0.4, 0.5) is 16.2 Å². The van der Waals surface area contributed by atoms with Gasteiger partial charge in [-0.1, -0.05) is 145 Å². The number of rotatable bonds is 16. The van der Waals surface area contributed by atoms with Gasteiger partial charge in [-0.3, -0.25) is 34.3 Å². The first-order valence-corrected chi connectivity index (χ1v) is 25.5. The second kappa shape index (κ2) is 23.1. The Bertz CT molecular complexity index is 3360. The molecule has 0 unspecified atom stereocenters. The maximum Gasteiger partial charge on any atom is 0.421 e. The van der Waals surface area contributed by atoms with E-state index in [9.17, 15) is 25.1 Å². The van der Waals surface area contributed by atoms with Crippen LogP contribution < -0.4 is 15.0 Å². The fourth-order valence-electron chi connectivity index (χ4n) is 11.1. The molecular formula is C62H55N5O11. The Morgan fingerprint density at radius 2 is 1.44 bits per heavy atom. The summed E-state index contributed by atoms with van der Waals surface area (Å²) >= 11 is 0. The number of carbonyl (C=O) groups is 4. The van der Waals surface area contributed by atoms with Crippen molar-refractivity contribution in [2.75, 3.05) is 38.3 Å². The number of aliphatic hydroxyl groups excluding tert-OH is 2. The predicted molar refractivity (Wildman–Crippen MR) is 288 cm³/mol. The van der Waals surface area contributed by atoms with E-state index in [1.165, 1.54) is 24.3 Å². The molecule has 394 valence electrons. The Kier molecular flexibility index (Phi) is 15.5. The number of morpholine rings is 1. The van der Waals surface area contributed by atoms with Gasteiger partial charge in [0.15, 0.2) is 0 Å². The number of cyclic esters (lactones) is 1. The van der Waals surface area contributed by atoms with Gasteiger partial charge in [0.1, 0.15) is 36.5 Å². The molecule has 16 nitrogen and oxygen atoms in total. The fraction of sp³-hybridized carbons (Fsp3) is 0.226. The highest BCUT2D eigenvalue weighted by Gasteiger charge is 2.75. The molecule has 3 N–H and O–H groups in total. The molecule has 0 radical (unpaired) electrons. The number of nitro groups is 1. The fourth-order valence-corrected chi connectivity index (χ4v) is 11.1. The van der Waals surface area contributed by atoms with Gasteiger partial charge in [0.05, 0.1) is 47.9 Å². The number of amides is 3. The summed E-state index contributed by atoms with van der Waals surface area (Å²) in [6, 6.07) is 50.8. The van der Waals surface area contributed by atoms with Crippen LogP contribution in [0, 0.1) is 27.9 Å². The second-order valence-corrected chi connectivity index (χ2v) is 19.4. The Hall–Kier alpha value is -8.98. The number of non-ortho nitro benzene ring substituents is 1. The SMILES string of the molecule is CN(CC#Cc1ccc2c(c1)[C@]1(C(=O)N2C(=O)OCc2ccc([N+](=O)[O-])cc2)[C@H](c2ccc(OCCO)cc2)N2[C@H](c3ccccc3)[C@H](c3ccccc3)OC(=O)[C@H]2[C@@H]1C(=O)NC[C@H](O)c1ccccc1)Cc1ccccc1. The normalized spacial score (nSPS) is 20.7. The number of hydrogen-bond donors (Lipinski definition) is 3. The average molecular weight is 1050 g/mol. The number of nitrogens with zero attached hydrogens (tertiary/aromatic N) is 4. The lowest BCUT2D eigenvalue weighted by molar-refractivity contribution is -0.384. The molecule has 7 aromatic rings. The third-order valence-electron chi connectivity index (χ3n) is 14.5. The highest BCUT2D eigenvalue weighted by atomic mass is 16.6. The highest BCUT2D eigenvalue weighted by Crippen LogP contribution is 2.66. The van der Waals surface area contributed by atoms with E-state index in [2.05, 4.69) is 17.2 Å². The van der Waals surface area contributed by atoms with Crippen LogP contribution in [-0.4, -0.2) is 88.2 Å². The van der Waals surface area contributed by atoms with Crippen LogP contribution in [0.5, 0.6) is 5.75 Å². The molecule has 3 aliphatic rings. The number of ether oxygens (including phenoxy) is 3. The summed E-state index contributed by atoms with van der Waals surface area (Å²) < 4.78 is 18.3. The van der Waals surface area contributed by atoms with Gasteiger partial charge in [-0.2, -0.15) is 0 Å². The summed E-state index contributed by atoms with van der Waals surface area (Å²) in [5, 5.41) is 35.6. The molecule has 0 bridgehead atoms. The standard InChI is InChI=1S/C62H55N5O11/c1-64(39-42-15-6-2-7-16-42)34-14-17-41-26-33-51-50(37-41)62(60(72)65(51)61(73)77-40-43-24-29-48(30-25-43)67(74)75)53(58(70)63-38-52(69)44-18-8-3-9-19-44)55-59(71)78-56(46-22-12-5-13-23-46)54(45-20-10-4-11-21-45)66(55)57(62)47-27-31-49(32-28-47)76-36-35-68/h2-13,15-16,18-33,37,52-57,68-69H,34-36,38-40H2,1H3,(H,63,70)/t52-,53+,54+,55+,56-,57-,62+/m0/s1. The van der Waals surface area contributed by atoms with Crippen molar-refractivity contribution >= 4 is 35.3 Å². The lowest BCUT2D eigenvalue weighted by atomic mass is 9.65. The smallest absolute Gasteiger partial charge is 0.421 e. The summed E-state index contributed by atoms with van der Waals surface area (Å²) in [6.45, 7) is -0.00376. The largest absolute Gasteiger partial charge is 0.491 e. The summed E-state index contributed by atoms with van der Waals surface area (Å²) in [4.78, 5) is 78.9. The molecule has 1 spiro atoms. The lowest BCUT2D eigenvalue weighted by Gasteiger charge is -2.46. The molecule has 7 aromatic carbocycles. The molecule has 3 aliphatic heterocycles. The first-order chi connectivity index (χ1) is 38.0. The average Bonchev–Trinajstić information content (AvgIpc) is 2.70. The zero-order valence-electron chi connectivity index (χ0n) is 42.5. The third-order valence-corrected chi connectivity index (χ3v) is 14.5. The Morgan fingerprint density at radius 1 is 0.795 bits per heavy atom. The van der Waals surface area contributed by atoms with Crippen molar-refractivity contribution in [3.8, 4) is 17.6 Å². The molecule has 7 atom stereocenters. The van der Waals surface area contributed by atoms with Gasteiger partial charge in [-0.25, -0.2) is 9.69 Å². The number of benzene rings is 7. The maximum atomic E-state index is 16.7. The van der Waals surface area contributed by atoms with Crippen molar-refractivity contribution in [2.45, 2.75) is 48.9 Å². The Labute approximate surface area is 450 Å². The van der Waals surface area contributed by atoms with E-state index in [1.807, 2.05) is 108 Å². The zero-order chi connectivity index (χ0) is 54.3. The first-order valence-electron chi connectivity index (χ1n) is 25.5. The molecule has 2 saturated heterocycles. The van der Waals surface area contributed by atoms with Crippen LogP contribution >= 0.6 is 0 Å². The first kappa shape index (κ1) is 52.5. The lowest BCUT2D eigenvalue weighted by Crippen LogP contribution is -2.56. The van der Waals surface area contributed by atoms with Gasteiger partial charge < -0.3 is 29.7 Å². The summed E-state index contributed by atoms with van der Waals surface area (Å²) in [5.74, 6) is 2.77.